The lowest BCUT2D eigenvalue weighted by Crippen LogP contribution is -2.33. The maximum absolute atomic E-state index is 13.0. The van der Waals surface area contributed by atoms with Crippen LogP contribution in [0.15, 0.2) is 41.5 Å². The van der Waals surface area contributed by atoms with Crippen molar-refractivity contribution in [2.24, 2.45) is 5.92 Å². The summed E-state index contributed by atoms with van der Waals surface area (Å²) < 4.78 is 3.37. The van der Waals surface area contributed by atoms with E-state index in [9.17, 15) is 9.59 Å². The molecule has 3 aromatic rings. The number of para-hydroxylation sites is 1. The third-order valence-corrected chi connectivity index (χ3v) is 4.85. The molecule has 142 valence electrons. The second-order valence-corrected chi connectivity index (χ2v) is 7.29. The molecule has 6 heteroatoms. The Kier molecular flexibility index (Phi) is 5.44. The first-order valence-corrected chi connectivity index (χ1v) is 9.29. The topological polar surface area (TPSA) is 68.9 Å². The smallest absolute Gasteiger partial charge is 0.263 e. The Bertz CT molecular complexity index is 1020. The Hall–Kier alpha value is -2.89. The summed E-state index contributed by atoms with van der Waals surface area (Å²) in [6.07, 6.45) is 2.38. The Morgan fingerprint density at radius 1 is 1.19 bits per heavy atom. The number of hydrogen-bond donors (Lipinski definition) is 1. The van der Waals surface area contributed by atoms with Crippen molar-refractivity contribution >= 4 is 16.9 Å². The molecule has 3 rings (SSSR count). The van der Waals surface area contributed by atoms with E-state index in [0.717, 1.165) is 23.4 Å². The first-order valence-electron chi connectivity index (χ1n) is 9.29. The number of carbonyl (C=O) groups is 1. The molecule has 2 heterocycles. The number of nitrogens with zero attached hydrogens (tertiary/aromatic N) is 3. The molecule has 0 bridgehead atoms. The lowest BCUT2D eigenvalue weighted by atomic mass is 10.1. The molecule has 2 aromatic heterocycles. The number of carbonyl (C=O) groups excluding carboxylic acids is 1. The molecule has 0 atom stereocenters. The van der Waals surface area contributed by atoms with Gasteiger partial charge in [0.15, 0.2) is 5.65 Å². The fourth-order valence-electron chi connectivity index (χ4n) is 3.20. The average Bonchev–Trinajstić information content (AvgIpc) is 2.89. The molecule has 1 aromatic carbocycles. The zero-order valence-electron chi connectivity index (χ0n) is 16.3. The van der Waals surface area contributed by atoms with Crippen LogP contribution in [0.1, 0.15) is 31.5 Å². The molecule has 0 radical (unpaired) electrons. The van der Waals surface area contributed by atoms with E-state index in [1.54, 1.807) is 0 Å². The van der Waals surface area contributed by atoms with Crippen molar-refractivity contribution in [1.29, 1.82) is 0 Å². The number of amides is 1. The van der Waals surface area contributed by atoms with Gasteiger partial charge in [0.05, 0.1) is 5.39 Å². The Morgan fingerprint density at radius 3 is 2.56 bits per heavy atom. The van der Waals surface area contributed by atoms with Gasteiger partial charge in [-0.15, -0.1) is 0 Å². The molecule has 0 fully saturated rings. The van der Waals surface area contributed by atoms with Crippen molar-refractivity contribution < 1.29 is 4.79 Å². The van der Waals surface area contributed by atoms with Gasteiger partial charge in [-0.3, -0.25) is 18.7 Å². The number of benzene rings is 1. The van der Waals surface area contributed by atoms with E-state index in [-0.39, 0.29) is 18.0 Å². The number of aromatic nitrogens is 3. The van der Waals surface area contributed by atoms with Gasteiger partial charge < -0.3 is 5.32 Å². The van der Waals surface area contributed by atoms with Crippen LogP contribution in [0.25, 0.3) is 16.7 Å². The lowest BCUT2D eigenvalue weighted by Gasteiger charge is -2.09. The Morgan fingerprint density at radius 2 is 1.89 bits per heavy atom. The van der Waals surface area contributed by atoms with E-state index in [4.69, 9.17) is 0 Å². The van der Waals surface area contributed by atoms with E-state index < -0.39 is 0 Å². The molecule has 1 N–H and O–H groups in total. The van der Waals surface area contributed by atoms with Crippen molar-refractivity contribution in [2.75, 3.05) is 6.54 Å². The first-order chi connectivity index (χ1) is 12.9. The first kappa shape index (κ1) is 18.9. The average molecular weight is 366 g/mol. The summed E-state index contributed by atoms with van der Waals surface area (Å²) >= 11 is 0. The minimum absolute atomic E-state index is 0.0190. The van der Waals surface area contributed by atoms with Gasteiger partial charge in [0.25, 0.3) is 5.56 Å². The van der Waals surface area contributed by atoms with E-state index in [2.05, 4.69) is 24.1 Å². The van der Waals surface area contributed by atoms with E-state index in [0.29, 0.717) is 23.5 Å². The Labute approximate surface area is 158 Å². The minimum atomic E-state index is -0.186. The number of aryl methyl sites for hydroxylation is 1. The normalized spacial score (nSPS) is 11.3. The van der Waals surface area contributed by atoms with Crippen molar-refractivity contribution in [1.82, 2.24) is 19.4 Å². The van der Waals surface area contributed by atoms with Gasteiger partial charge >= 0.3 is 0 Å². The summed E-state index contributed by atoms with van der Waals surface area (Å²) in [6.45, 7) is 8.71. The molecule has 0 unspecified atom stereocenters. The van der Waals surface area contributed by atoms with Crippen LogP contribution in [0, 0.1) is 19.8 Å². The zero-order valence-corrected chi connectivity index (χ0v) is 16.3. The summed E-state index contributed by atoms with van der Waals surface area (Å²) in [4.78, 5) is 29.7. The van der Waals surface area contributed by atoms with Crippen molar-refractivity contribution in [2.45, 2.75) is 40.7 Å². The monoisotopic (exact) mass is 366 g/mol. The van der Waals surface area contributed by atoms with Gasteiger partial charge in [-0.25, -0.2) is 4.98 Å². The zero-order chi connectivity index (χ0) is 19.6. The lowest BCUT2D eigenvalue weighted by molar-refractivity contribution is -0.121. The highest BCUT2D eigenvalue weighted by atomic mass is 16.2. The summed E-state index contributed by atoms with van der Waals surface area (Å²) in [5.41, 5.74) is 3.26. The molecule has 0 aliphatic rings. The molecule has 0 spiro atoms. The number of hydrogen-bond acceptors (Lipinski definition) is 3. The molecule has 0 aliphatic heterocycles. The molecular formula is C21H26N4O2. The highest BCUT2D eigenvalue weighted by Gasteiger charge is 2.18. The Balaban J connectivity index is 1.95. The second kappa shape index (κ2) is 7.78. The summed E-state index contributed by atoms with van der Waals surface area (Å²) in [5.74, 6) is 0.352. The second-order valence-electron chi connectivity index (χ2n) is 7.29. The highest BCUT2D eigenvalue weighted by Crippen LogP contribution is 2.24. The largest absolute Gasteiger partial charge is 0.355 e. The molecule has 1 amide bonds. The highest BCUT2D eigenvalue weighted by molar-refractivity contribution is 5.83. The van der Waals surface area contributed by atoms with E-state index in [1.807, 2.05) is 48.7 Å². The van der Waals surface area contributed by atoms with Gasteiger partial charge in [-0.05, 0) is 43.9 Å². The maximum atomic E-state index is 13.0. The van der Waals surface area contributed by atoms with Gasteiger partial charge in [0, 0.05) is 17.9 Å². The van der Waals surface area contributed by atoms with Crippen LogP contribution in [0.3, 0.4) is 0 Å². The van der Waals surface area contributed by atoms with Crippen molar-refractivity contribution in [3.05, 3.63) is 58.3 Å². The van der Waals surface area contributed by atoms with E-state index >= 15 is 0 Å². The third-order valence-electron chi connectivity index (χ3n) is 4.85. The van der Waals surface area contributed by atoms with Gasteiger partial charge in [0.1, 0.15) is 12.9 Å². The molecule has 0 saturated heterocycles. The van der Waals surface area contributed by atoms with Crippen molar-refractivity contribution in [3.8, 4) is 5.69 Å². The predicted octanol–water partition coefficient (Wildman–Crippen LogP) is 2.97. The predicted molar refractivity (Wildman–Crippen MR) is 107 cm³/mol. The van der Waals surface area contributed by atoms with Crippen LogP contribution >= 0.6 is 0 Å². The van der Waals surface area contributed by atoms with Crippen LogP contribution in [0.4, 0.5) is 0 Å². The fourth-order valence-corrected chi connectivity index (χ4v) is 3.20. The van der Waals surface area contributed by atoms with Gasteiger partial charge in [0.2, 0.25) is 5.91 Å². The summed E-state index contributed by atoms with van der Waals surface area (Å²) in [6, 6.07) is 9.84. The van der Waals surface area contributed by atoms with Crippen LogP contribution in [-0.4, -0.2) is 26.6 Å². The number of fused-ring (bicyclic) bond motifs is 1. The van der Waals surface area contributed by atoms with Gasteiger partial charge in [-0.2, -0.15) is 0 Å². The molecule has 0 aliphatic carbocycles. The minimum Gasteiger partial charge on any atom is -0.355 e. The van der Waals surface area contributed by atoms with Crippen LogP contribution in [-0.2, 0) is 11.3 Å². The van der Waals surface area contributed by atoms with Gasteiger partial charge in [-0.1, -0.05) is 32.0 Å². The molecule has 0 saturated carbocycles. The number of rotatable bonds is 6. The van der Waals surface area contributed by atoms with Crippen molar-refractivity contribution in [3.63, 3.8) is 0 Å². The SMILES string of the molecule is Cc1c(C)n(-c2ccccc2)c2ncn(CC(=O)NCCC(C)C)c(=O)c12. The van der Waals surface area contributed by atoms with Crippen LogP contribution in [0.5, 0.6) is 0 Å². The third kappa shape index (κ3) is 3.79. The molecule has 6 nitrogen and oxygen atoms in total. The van der Waals surface area contributed by atoms with E-state index in [1.165, 1.54) is 10.9 Å². The maximum Gasteiger partial charge on any atom is 0.263 e. The summed E-state index contributed by atoms with van der Waals surface area (Å²) in [7, 11) is 0. The molecule has 27 heavy (non-hydrogen) atoms. The van der Waals surface area contributed by atoms with Crippen LogP contribution < -0.4 is 10.9 Å². The fraction of sp³-hybridized carbons (Fsp3) is 0.381. The molecular weight excluding hydrogens is 340 g/mol. The standard InChI is InChI=1S/C21H26N4O2/c1-14(2)10-11-22-18(26)12-24-13-23-20-19(21(24)27)15(3)16(4)25(20)17-8-6-5-7-9-17/h5-9,13-14H,10-12H2,1-4H3,(H,22,26). The summed E-state index contributed by atoms with van der Waals surface area (Å²) in [5, 5.41) is 3.43. The van der Waals surface area contributed by atoms with Crippen LogP contribution in [0.2, 0.25) is 0 Å². The number of nitrogens with one attached hydrogen (secondary N) is 1. The quantitative estimate of drug-likeness (QED) is 0.729.